The number of nitrogens with zero attached hydrogens (tertiary/aromatic N) is 1. The third-order valence-electron chi connectivity index (χ3n) is 5.49. The zero-order chi connectivity index (χ0) is 17.6. The molecule has 4 rings (SSSR count). The third kappa shape index (κ3) is 3.19. The Morgan fingerprint density at radius 1 is 1.40 bits per heavy atom. The molecule has 5 nitrogen and oxygen atoms in total. The van der Waals surface area contributed by atoms with Crippen LogP contribution in [0.1, 0.15) is 25.7 Å². The van der Waals surface area contributed by atoms with Crippen LogP contribution in [0.4, 0.5) is 4.39 Å². The lowest BCUT2D eigenvalue weighted by Crippen LogP contribution is -2.69. The lowest BCUT2D eigenvalue weighted by atomic mass is 9.73. The molecule has 7 heteroatoms. The van der Waals surface area contributed by atoms with Crippen molar-refractivity contribution in [3.8, 4) is 5.75 Å². The Morgan fingerprint density at radius 2 is 2.16 bits per heavy atom. The minimum atomic E-state index is -0.391. The van der Waals surface area contributed by atoms with Crippen LogP contribution in [0.25, 0.3) is 0 Å². The number of nitrogens with one attached hydrogen (secondary N) is 1. The van der Waals surface area contributed by atoms with Gasteiger partial charge in [0.25, 0.3) is 0 Å². The summed E-state index contributed by atoms with van der Waals surface area (Å²) in [5.41, 5.74) is -0.154. The van der Waals surface area contributed by atoms with Crippen molar-refractivity contribution in [2.45, 2.75) is 31.2 Å². The Kier molecular flexibility index (Phi) is 4.10. The zero-order valence-corrected chi connectivity index (χ0v) is 14.5. The molecule has 0 radical (unpaired) electrons. The van der Waals surface area contributed by atoms with Gasteiger partial charge < -0.3 is 15.0 Å². The molecular formula is C18H20ClFN2O3. The molecule has 0 unspecified atom stereocenters. The predicted molar refractivity (Wildman–Crippen MR) is 89.8 cm³/mol. The maximum atomic E-state index is 13.0. The molecule has 3 fully saturated rings. The van der Waals surface area contributed by atoms with Gasteiger partial charge in [0.2, 0.25) is 11.8 Å². The van der Waals surface area contributed by atoms with Gasteiger partial charge in [-0.3, -0.25) is 9.59 Å². The third-order valence-corrected chi connectivity index (χ3v) is 5.78. The number of hydrogen-bond donors (Lipinski definition) is 1. The first kappa shape index (κ1) is 16.6. The van der Waals surface area contributed by atoms with Crippen molar-refractivity contribution in [1.29, 1.82) is 0 Å². The second kappa shape index (κ2) is 6.16. The molecule has 0 atom stereocenters. The van der Waals surface area contributed by atoms with Crippen molar-refractivity contribution in [1.82, 2.24) is 10.2 Å². The van der Waals surface area contributed by atoms with E-state index in [1.165, 1.54) is 18.2 Å². The van der Waals surface area contributed by atoms with Crippen molar-refractivity contribution in [2.24, 2.45) is 11.8 Å². The SMILES string of the molecule is O=C1CCC2(CN(C(=O)[C@H]3C[C@@H](COc4ccc(F)cc4Cl)C3)C2)N1. The van der Waals surface area contributed by atoms with Gasteiger partial charge in [-0.05, 0) is 43.4 Å². The number of carbonyl (C=O) groups excluding carboxylic acids is 2. The highest BCUT2D eigenvalue weighted by molar-refractivity contribution is 6.32. The summed E-state index contributed by atoms with van der Waals surface area (Å²) >= 11 is 5.94. The molecule has 0 aromatic heterocycles. The van der Waals surface area contributed by atoms with E-state index in [-0.39, 0.29) is 28.3 Å². The quantitative estimate of drug-likeness (QED) is 0.890. The Bertz CT molecular complexity index is 714. The molecular weight excluding hydrogens is 347 g/mol. The molecule has 1 aromatic carbocycles. The smallest absolute Gasteiger partial charge is 0.225 e. The fourth-order valence-electron chi connectivity index (χ4n) is 3.98. The van der Waals surface area contributed by atoms with Crippen LogP contribution in [0.5, 0.6) is 5.75 Å². The molecule has 3 aliphatic rings. The number of ether oxygens (including phenoxy) is 1. The minimum absolute atomic E-state index is 0.0479. The van der Waals surface area contributed by atoms with Gasteiger partial charge in [-0.1, -0.05) is 11.6 Å². The molecule has 2 aliphatic heterocycles. The summed E-state index contributed by atoms with van der Waals surface area (Å²) in [6.45, 7) is 1.76. The van der Waals surface area contributed by atoms with E-state index < -0.39 is 5.82 Å². The van der Waals surface area contributed by atoms with Gasteiger partial charge >= 0.3 is 0 Å². The average Bonchev–Trinajstić information content (AvgIpc) is 2.88. The first-order valence-electron chi connectivity index (χ1n) is 8.62. The number of benzene rings is 1. The van der Waals surface area contributed by atoms with Crippen molar-refractivity contribution in [3.05, 3.63) is 29.0 Å². The average molecular weight is 367 g/mol. The lowest BCUT2D eigenvalue weighted by molar-refractivity contribution is -0.149. The first-order valence-corrected chi connectivity index (χ1v) is 9.00. The van der Waals surface area contributed by atoms with Crippen LogP contribution in [0.15, 0.2) is 18.2 Å². The van der Waals surface area contributed by atoms with Crippen LogP contribution in [0.3, 0.4) is 0 Å². The van der Waals surface area contributed by atoms with Gasteiger partial charge in [-0.2, -0.15) is 0 Å². The van der Waals surface area contributed by atoms with Crippen molar-refractivity contribution in [2.75, 3.05) is 19.7 Å². The van der Waals surface area contributed by atoms with E-state index in [1.807, 2.05) is 4.90 Å². The second-order valence-electron chi connectivity index (χ2n) is 7.44. The normalized spacial score (nSPS) is 26.8. The minimum Gasteiger partial charge on any atom is -0.492 e. The molecule has 2 heterocycles. The summed E-state index contributed by atoms with van der Waals surface area (Å²) in [4.78, 5) is 25.6. The van der Waals surface area contributed by atoms with Gasteiger partial charge in [0, 0.05) is 25.4 Å². The highest BCUT2D eigenvalue weighted by Gasteiger charge is 2.51. The molecule has 1 aromatic rings. The zero-order valence-electron chi connectivity index (χ0n) is 13.8. The van der Waals surface area contributed by atoms with E-state index in [2.05, 4.69) is 5.32 Å². The maximum absolute atomic E-state index is 13.0. The molecule has 2 amide bonds. The van der Waals surface area contributed by atoms with E-state index in [4.69, 9.17) is 16.3 Å². The van der Waals surface area contributed by atoms with E-state index in [0.29, 0.717) is 37.8 Å². The molecule has 25 heavy (non-hydrogen) atoms. The van der Waals surface area contributed by atoms with Gasteiger partial charge in [0.1, 0.15) is 11.6 Å². The van der Waals surface area contributed by atoms with Gasteiger partial charge in [-0.15, -0.1) is 0 Å². The summed E-state index contributed by atoms with van der Waals surface area (Å²) in [5.74, 6) is 0.718. The summed E-state index contributed by atoms with van der Waals surface area (Å²) in [7, 11) is 0. The Morgan fingerprint density at radius 3 is 2.80 bits per heavy atom. The monoisotopic (exact) mass is 366 g/mol. The number of rotatable bonds is 4. The van der Waals surface area contributed by atoms with Gasteiger partial charge in [0.05, 0.1) is 17.2 Å². The number of hydrogen-bond acceptors (Lipinski definition) is 3. The standard InChI is InChI=1S/C18H20ClFN2O3/c19-14-7-13(20)1-2-15(14)25-8-11-5-12(6-11)17(24)22-9-18(10-22)4-3-16(23)21-18/h1-2,7,11-12H,3-6,8-10H2,(H,21,23)/t11-,12+. The molecule has 1 aliphatic carbocycles. The fraction of sp³-hybridized carbons (Fsp3) is 0.556. The summed E-state index contributed by atoms with van der Waals surface area (Å²) < 4.78 is 18.6. The Labute approximate surface area is 150 Å². The van der Waals surface area contributed by atoms with E-state index in [1.54, 1.807) is 0 Å². The van der Waals surface area contributed by atoms with Crippen LogP contribution in [-0.2, 0) is 9.59 Å². The van der Waals surface area contributed by atoms with E-state index in [0.717, 1.165) is 19.3 Å². The highest BCUT2D eigenvalue weighted by Crippen LogP contribution is 2.39. The Balaban J connectivity index is 1.20. The number of carbonyl (C=O) groups is 2. The van der Waals surface area contributed by atoms with Gasteiger partial charge in [0.15, 0.2) is 0 Å². The number of halogens is 2. The van der Waals surface area contributed by atoms with E-state index in [9.17, 15) is 14.0 Å². The largest absolute Gasteiger partial charge is 0.492 e. The van der Waals surface area contributed by atoms with Crippen LogP contribution < -0.4 is 10.1 Å². The van der Waals surface area contributed by atoms with E-state index >= 15 is 0 Å². The van der Waals surface area contributed by atoms with Crippen molar-refractivity contribution < 1.29 is 18.7 Å². The number of likely N-dealkylation sites (tertiary alicyclic amines) is 1. The Hall–Kier alpha value is -1.82. The molecule has 2 saturated heterocycles. The summed E-state index contributed by atoms with van der Waals surface area (Å²) in [5, 5.41) is 3.25. The molecule has 1 saturated carbocycles. The van der Waals surface area contributed by atoms with Crippen LogP contribution in [0.2, 0.25) is 5.02 Å². The van der Waals surface area contributed by atoms with Gasteiger partial charge in [-0.25, -0.2) is 4.39 Å². The summed E-state index contributed by atoms with van der Waals surface area (Å²) in [6.07, 6.45) is 2.99. The van der Waals surface area contributed by atoms with Crippen LogP contribution in [-0.4, -0.2) is 41.9 Å². The molecule has 1 N–H and O–H groups in total. The topological polar surface area (TPSA) is 58.6 Å². The first-order chi connectivity index (χ1) is 11.9. The predicted octanol–water partition coefficient (Wildman–Crippen LogP) is 2.38. The van der Waals surface area contributed by atoms with Crippen molar-refractivity contribution in [3.63, 3.8) is 0 Å². The molecule has 1 spiro atoms. The number of amides is 2. The molecule has 0 bridgehead atoms. The van der Waals surface area contributed by atoms with Crippen LogP contribution >= 0.6 is 11.6 Å². The summed E-state index contributed by atoms with van der Waals surface area (Å²) in [6, 6.07) is 4.07. The maximum Gasteiger partial charge on any atom is 0.225 e. The fourth-order valence-corrected chi connectivity index (χ4v) is 4.20. The molecule has 134 valence electrons. The second-order valence-corrected chi connectivity index (χ2v) is 7.85. The lowest BCUT2D eigenvalue weighted by Gasteiger charge is -2.50. The highest BCUT2D eigenvalue weighted by atomic mass is 35.5. The van der Waals surface area contributed by atoms with Crippen LogP contribution in [0, 0.1) is 17.7 Å². The van der Waals surface area contributed by atoms with Crippen molar-refractivity contribution >= 4 is 23.4 Å².